The van der Waals surface area contributed by atoms with E-state index >= 15 is 0 Å². The van der Waals surface area contributed by atoms with Crippen LogP contribution < -0.4 is 0 Å². The highest BCUT2D eigenvalue weighted by Crippen LogP contribution is 2.82. The molecule has 7 nitrogen and oxygen atoms in total. The molecule has 34 heavy (non-hydrogen) atoms. The van der Waals surface area contributed by atoms with Crippen LogP contribution in [0.15, 0.2) is 11.6 Å². The molecule has 6 aliphatic rings. The van der Waals surface area contributed by atoms with Gasteiger partial charge in [0.2, 0.25) is 0 Å². The van der Waals surface area contributed by atoms with Crippen LogP contribution in [0.25, 0.3) is 0 Å². The van der Waals surface area contributed by atoms with Crippen molar-refractivity contribution >= 4 is 12.3 Å². The van der Waals surface area contributed by atoms with Gasteiger partial charge in [-0.25, -0.2) is 0 Å². The SMILES string of the molecule is CC(C)C1=CC2CC3(C=O)C4CCC(C)C4CC2(CO[C@H]2C[C@@H]4OCO[C@@H]4[C@@H](C)O2)C13C(=O)O. The molecule has 0 amide bonds. The Labute approximate surface area is 201 Å². The number of rotatable bonds is 6. The van der Waals surface area contributed by atoms with Gasteiger partial charge in [0.25, 0.3) is 0 Å². The number of hydrogen-bond acceptors (Lipinski definition) is 6. The lowest BCUT2D eigenvalue weighted by molar-refractivity contribution is -0.248. The first kappa shape index (κ1) is 23.1. The van der Waals surface area contributed by atoms with E-state index in [1.165, 1.54) is 0 Å². The molecule has 7 unspecified atom stereocenters. The molecule has 0 radical (unpaired) electrons. The van der Waals surface area contributed by atoms with Gasteiger partial charge in [0.05, 0.1) is 24.2 Å². The van der Waals surface area contributed by atoms with Crippen molar-refractivity contribution in [2.45, 2.75) is 84.4 Å². The van der Waals surface area contributed by atoms with Gasteiger partial charge in [-0.15, -0.1) is 0 Å². The first-order valence-electron chi connectivity index (χ1n) is 13.1. The number of carboxylic acid groups (broad SMARTS) is 1. The zero-order valence-corrected chi connectivity index (χ0v) is 20.7. The highest BCUT2D eigenvalue weighted by Gasteiger charge is 2.84. The Morgan fingerprint density at radius 1 is 1.26 bits per heavy atom. The summed E-state index contributed by atoms with van der Waals surface area (Å²) in [5, 5.41) is 11.0. The highest BCUT2D eigenvalue weighted by molar-refractivity contribution is 5.90. The van der Waals surface area contributed by atoms with Gasteiger partial charge >= 0.3 is 5.97 Å². The summed E-state index contributed by atoms with van der Waals surface area (Å²) in [6.45, 7) is 8.94. The van der Waals surface area contributed by atoms with Crippen LogP contribution in [0.3, 0.4) is 0 Å². The van der Waals surface area contributed by atoms with Gasteiger partial charge in [-0.2, -0.15) is 0 Å². The lowest BCUT2D eigenvalue weighted by atomic mass is 9.43. The van der Waals surface area contributed by atoms with Gasteiger partial charge in [0.15, 0.2) is 6.29 Å². The molecule has 0 aromatic carbocycles. The van der Waals surface area contributed by atoms with Crippen LogP contribution in [0.1, 0.15) is 59.8 Å². The van der Waals surface area contributed by atoms with Crippen LogP contribution >= 0.6 is 0 Å². The summed E-state index contributed by atoms with van der Waals surface area (Å²) in [6.07, 6.45) is 6.50. The molecule has 3 saturated carbocycles. The second-order valence-electron chi connectivity index (χ2n) is 12.3. The smallest absolute Gasteiger partial charge is 0.315 e. The maximum Gasteiger partial charge on any atom is 0.315 e. The Hall–Kier alpha value is -1.28. The molecule has 0 aromatic rings. The predicted octanol–water partition coefficient (Wildman–Crippen LogP) is 3.80. The fourth-order valence-corrected chi connectivity index (χ4v) is 9.59. The quantitative estimate of drug-likeness (QED) is 0.462. The van der Waals surface area contributed by atoms with Crippen LogP contribution in [-0.2, 0) is 28.5 Å². The number of aldehydes is 1. The van der Waals surface area contributed by atoms with Gasteiger partial charge in [0.1, 0.15) is 24.6 Å². The lowest BCUT2D eigenvalue weighted by Gasteiger charge is -2.58. The van der Waals surface area contributed by atoms with Crippen LogP contribution in [0, 0.1) is 45.8 Å². The van der Waals surface area contributed by atoms with E-state index in [4.69, 9.17) is 18.9 Å². The van der Waals surface area contributed by atoms with Crippen LogP contribution in [0.4, 0.5) is 0 Å². The van der Waals surface area contributed by atoms with E-state index in [1.807, 2.05) is 6.92 Å². The molecule has 0 spiro atoms. The monoisotopic (exact) mass is 474 g/mol. The zero-order valence-electron chi connectivity index (χ0n) is 20.7. The van der Waals surface area contributed by atoms with E-state index in [9.17, 15) is 14.7 Å². The number of carbonyl (C=O) groups is 2. The number of carboxylic acids is 1. The molecule has 2 saturated heterocycles. The molecular weight excluding hydrogens is 436 g/mol. The molecule has 4 aliphatic carbocycles. The van der Waals surface area contributed by atoms with E-state index in [2.05, 4.69) is 26.8 Å². The van der Waals surface area contributed by atoms with E-state index in [0.717, 1.165) is 31.1 Å². The van der Waals surface area contributed by atoms with Crippen molar-refractivity contribution < 1.29 is 33.6 Å². The molecule has 6 rings (SSSR count). The van der Waals surface area contributed by atoms with Crippen molar-refractivity contribution in [2.24, 2.45) is 45.8 Å². The molecule has 5 fully saturated rings. The third-order valence-corrected chi connectivity index (χ3v) is 10.8. The zero-order chi connectivity index (χ0) is 24.0. The average Bonchev–Trinajstić information content (AvgIpc) is 3.52. The molecule has 11 atom stereocenters. The lowest BCUT2D eigenvalue weighted by Crippen LogP contribution is -2.63. The fourth-order valence-electron chi connectivity index (χ4n) is 9.59. The minimum atomic E-state index is -1.21. The normalized spacial score (nSPS) is 53.0. The molecule has 188 valence electrons. The standard InChI is InChI=1S/C27H38O7/c1-14(2)20-7-17-9-25(11-28)19-6-5-15(3)18(19)10-26(17,27(20,25)24(29)30)12-31-22-8-21-23(16(4)34-22)33-13-32-21/h7,11,14-19,21-23H,5-6,8-10,12-13H2,1-4H3,(H,29,30)/t15?,16-,17?,18?,19?,21+,22-,23-,25?,26?,27?/m1/s1. The number of hydrogen-bond donors (Lipinski definition) is 1. The van der Waals surface area contributed by atoms with Crippen molar-refractivity contribution in [1.82, 2.24) is 0 Å². The van der Waals surface area contributed by atoms with Gasteiger partial charge < -0.3 is 28.8 Å². The van der Waals surface area contributed by atoms with E-state index in [1.54, 1.807) is 0 Å². The summed E-state index contributed by atoms with van der Waals surface area (Å²) in [6, 6.07) is 0. The summed E-state index contributed by atoms with van der Waals surface area (Å²) in [5.74, 6) is 0.230. The maximum absolute atomic E-state index is 13.5. The van der Waals surface area contributed by atoms with Gasteiger partial charge in [-0.1, -0.05) is 38.8 Å². The molecular formula is C27H38O7. The Morgan fingerprint density at radius 3 is 2.76 bits per heavy atom. The van der Waals surface area contributed by atoms with Gasteiger partial charge in [-0.05, 0) is 55.8 Å². The second-order valence-corrected chi connectivity index (χ2v) is 12.3. The Morgan fingerprint density at radius 2 is 2.06 bits per heavy atom. The molecule has 2 aliphatic heterocycles. The maximum atomic E-state index is 13.5. The molecule has 1 N–H and O–H groups in total. The van der Waals surface area contributed by atoms with Crippen LogP contribution in [0.5, 0.6) is 0 Å². The van der Waals surface area contributed by atoms with Crippen molar-refractivity contribution in [1.29, 1.82) is 0 Å². The summed E-state index contributed by atoms with van der Waals surface area (Å²) in [5.41, 5.74) is -1.75. The summed E-state index contributed by atoms with van der Waals surface area (Å²) < 4.78 is 24.1. The largest absolute Gasteiger partial charge is 0.481 e. The summed E-state index contributed by atoms with van der Waals surface area (Å²) >= 11 is 0. The topological polar surface area (TPSA) is 91.3 Å². The van der Waals surface area contributed by atoms with Crippen molar-refractivity contribution in [2.75, 3.05) is 13.4 Å². The Balaban J connectivity index is 1.40. The van der Waals surface area contributed by atoms with Gasteiger partial charge in [0, 0.05) is 11.8 Å². The number of fused-ring (bicyclic) bond motifs is 3. The summed E-state index contributed by atoms with van der Waals surface area (Å²) in [4.78, 5) is 26.6. The first-order chi connectivity index (χ1) is 16.2. The second kappa shape index (κ2) is 7.61. The minimum Gasteiger partial charge on any atom is -0.481 e. The Kier molecular flexibility index (Phi) is 5.18. The first-order valence-corrected chi connectivity index (χ1v) is 13.1. The van der Waals surface area contributed by atoms with E-state index in [0.29, 0.717) is 24.7 Å². The average molecular weight is 475 g/mol. The van der Waals surface area contributed by atoms with E-state index < -0.39 is 28.5 Å². The predicted molar refractivity (Wildman–Crippen MR) is 122 cm³/mol. The molecule has 0 aromatic heterocycles. The van der Waals surface area contributed by atoms with Crippen LogP contribution in [0.2, 0.25) is 0 Å². The van der Waals surface area contributed by atoms with Crippen LogP contribution in [-0.4, -0.2) is 55.4 Å². The number of allylic oxidation sites excluding steroid dienone is 1. The number of aliphatic carboxylic acids is 1. The minimum absolute atomic E-state index is 0.0313. The molecule has 7 heteroatoms. The third-order valence-electron chi connectivity index (χ3n) is 10.8. The third kappa shape index (κ3) is 2.57. The number of ether oxygens (including phenoxy) is 4. The Bertz CT molecular complexity index is 915. The molecule has 2 heterocycles. The highest BCUT2D eigenvalue weighted by atomic mass is 16.7. The van der Waals surface area contributed by atoms with Crippen molar-refractivity contribution in [3.63, 3.8) is 0 Å². The molecule has 4 bridgehead atoms. The van der Waals surface area contributed by atoms with Crippen molar-refractivity contribution in [3.8, 4) is 0 Å². The van der Waals surface area contributed by atoms with Gasteiger partial charge in [-0.3, -0.25) is 4.79 Å². The van der Waals surface area contributed by atoms with Crippen molar-refractivity contribution in [3.05, 3.63) is 11.6 Å². The van der Waals surface area contributed by atoms with E-state index in [-0.39, 0.29) is 49.5 Å². The number of carbonyl (C=O) groups excluding carboxylic acids is 1. The summed E-state index contributed by atoms with van der Waals surface area (Å²) in [7, 11) is 0. The fraction of sp³-hybridized carbons (Fsp3) is 0.852.